The number of nitrogens with zero attached hydrogens (tertiary/aromatic N) is 8. The van der Waals surface area contributed by atoms with Crippen LogP contribution >= 0.6 is 15.9 Å². The summed E-state index contributed by atoms with van der Waals surface area (Å²) in [6.07, 6.45) is 2.96. The van der Waals surface area contributed by atoms with Crippen LogP contribution in [0.5, 0.6) is 6.01 Å². The standard InChI is InChI=1S/C18H23BrN8O3/c1-24-6-2-3-13(24)11-30-17-22-16(15-21-9-14(19)27(15)23-17)25-7-8-26(18(28)29)12(10-25)4-5-20/h9,12-13H,2-4,6-8,10-11H2,1H3,(H,28,29)/t12-,13-/m0/s1. The molecule has 1 N–H and O–H groups in total. The fourth-order valence-electron chi connectivity index (χ4n) is 4.03. The van der Waals surface area contributed by atoms with E-state index in [1.54, 1.807) is 10.7 Å². The lowest BCUT2D eigenvalue weighted by Gasteiger charge is -2.39. The van der Waals surface area contributed by atoms with Gasteiger partial charge in [-0.15, -0.1) is 5.10 Å². The van der Waals surface area contributed by atoms with E-state index >= 15 is 0 Å². The van der Waals surface area contributed by atoms with Crippen molar-refractivity contribution in [2.24, 2.45) is 0 Å². The molecule has 2 aromatic rings. The second kappa shape index (κ2) is 8.61. The van der Waals surface area contributed by atoms with Crippen molar-refractivity contribution < 1.29 is 14.6 Å². The largest absolute Gasteiger partial charge is 0.465 e. The molecule has 2 aromatic heterocycles. The summed E-state index contributed by atoms with van der Waals surface area (Å²) in [7, 11) is 2.08. The number of piperazine rings is 1. The number of rotatable bonds is 5. The molecule has 1 amide bonds. The normalized spacial score (nSPS) is 22.4. The van der Waals surface area contributed by atoms with E-state index in [-0.39, 0.29) is 19.0 Å². The Morgan fingerprint density at radius 1 is 1.40 bits per heavy atom. The maximum atomic E-state index is 11.5. The molecule has 4 heterocycles. The summed E-state index contributed by atoms with van der Waals surface area (Å²) < 4.78 is 8.23. The maximum absolute atomic E-state index is 11.5. The predicted octanol–water partition coefficient (Wildman–Crippen LogP) is 1.44. The van der Waals surface area contributed by atoms with Gasteiger partial charge in [0.1, 0.15) is 11.2 Å². The van der Waals surface area contributed by atoms with Gasteiger partial charge in [0.2, 0.25) is 0 Å². The smallest absolute Gasteiger partial charge is 0.407 e. The highest BCUT2D eigenvalue weighted by molar-refractivity contribution is 9.10. The lowest BCUT2D eigenvalue weighted by Crippen LogP contribution is -2.55. The summed E-state index contributed by atoms with van der Waals surface area (Å²) in [6, 6.07) is 2.22. The number of likely N-dealkylation sites (N-methyl/N-ethyl adjacent to an activating group) is 1. The van der Waals surface area contributed by atoms with Crippen molar-refractivity contribution in [1.29, 1.82) is 5.26 Å². The van der Waals surface area contributed by atoms with Crippen molar-refractivity contribution in [3.63, 3.8) is 0 Å². The number of fused-ring (bicyclic) bond motifs is 1. The van der Waals surface area contributed by atoms with E-state index in [0.29, 0.717) is 41.8 Å². The highest BCUT2D eigenvalue weighted by Crippen LogP contribution is 2.27. The van der Waals surface area contributed by atoms with Crippen LogP contribution in [0.1, 0.15) is 19.3 Å². The Morgan fingerprint density at radius 2 is 2.23 bits per heavy atom. The summed E-state index contributed by atoms with van der Waals surface area (Å²) in [5, 5.41) is 23.0. The van der Waals surface area contributed by atoms with E-state index in [4.69, 9.17) is 10.00 Å². The van der Waals surface area contributed by atoms with Crippen molar-refractivity contribution >= 4 is 33.5 Å². The van der Waals surface area contributed by atoms with Crippen LogP contribution in [0.3, 0.4) is 0 Å². The molecule has 2 fully saturated rings. The number of halogens is 1. The third kappa shape index (κ3) is 3.99. The molecule has 12 heteroatoms. The van der Waals surface area contributed by atoms with E-state index < -0.39 is 12.1 Å². The van der Waals surface area contributed by atoms with E-state index in [1.165, 1.54) is 4.90 Å². The number of carbonyl (C=O) groups is 1. The summed E-state index contributed by atoms with van der Waals surface area (Å²) in [5.74, 6) is 0.568. The molecular formula is C18H23BrN8O3. The second-order valence-corrected chi connectivity index (χ2v) is 8.37. The molecule has 0 unspecified atom stereocenters. The number of nitriles is 1. The highest BCUT2D eigenvalue weighted by Gasteiger charge is 2.32. The Hall–Kier alpha value is -2.65. The molecule has 4 rings (SSSR count). The van der Waals surface area contributed by atoms with Gasteiger partial charge in [-0.25, -0.2) is 9.78 Å². The molecule has 0 aromatic carbocycles. The van der Waals surface area contributed by atoms with Gasteiger partial charge in [-0.1, -0.05) is 0 Å². The molecule has 0 saturated carbocycles. The zero-order valence-corrected chi connectivity index (χ0v) is 18.2. The van der Waals surface area contributed by atoms with Crippen LogP contribution in [0.25, 0.3) is 5.65 Å². The van der Waals surface area contributed by atoms with Crippen LogP contribution in [0.2, 0.25) is 0 Å². The van der Waals surface area contributed by atoms with Gasteiger partial charge in [-0.05, 0) is 42.4 Å². The lowest BCUT2D eigenvalue weighted by atomic mass is 10.1. The Labute approximate surface area is 182 Å². The minimum Gasteiger partial charge on any atom is -0.465 e. The first-order chi connectivity index (χ1) is 14.5. The number of anilines is 1. The molecule has 160 valence electrons. The first-order valence-electron chi connectivity index (χ1n) is 9.83. The minimum absolute atomic E-state index is 0.111. The number of hydrogen-bond acceptors (Lipinski definition) is 8. The zero-order chi connectivity index (χ0) is 21.3. The summed E-state index contributed by atoms with van der Waals surface area (Å²) in [5.41, 5.74) is 0.548. The lowest BCUT2D eigenvalue weighted by molar-refractivity contribution is 0.119. The van der Waals surface area contributed by atoms with Gasteiger partial charge in [0, 0.05) is 25.7 Å². The fraction of sp³-hybridized carbons (Fsp3) is 0.611. The maximum Gasteiger partial charge on any atom is 0.407 e. The third-order valence-electron chi connectivity index (χ3n) is 5.71. The van der Waals surface area contributed by atoms with E-state index in [0.717, 1.165) is 19.4 Å². The molecule has 11 nitrogen and oxygen atoms in total. The summed E-state index contributed by atoms with van der Waals surface area (Å²) in [6.45, 7) is 2.62. The molecule has 2 atom stereocenters. The van der Waals surface area contributed by atoms with Gasteiger partial charge in [-0.3, -0.25) is 0 Å². The molecule has 2 saturated heterocycles. The molecule has 0 radical (unpaired) electrons. The van der Waals surface area contributed by atoms with Crippen molar-refractivity contribution in [1.82, 2.24) is 29.4 Å². The molecular weight excluding hydrogens is 456 g/mol. The van der Waals surface area contributed by atoms with Crippen LogP contribution < -0.4 is 9.64 Å². The van der Waals surface area contributed by atoms with Gasteiger partial charge in [0.15, 0.2) is 11.5 Å². The zero-order valence-electron chi connectivity index (χ0n) is 16.6. The van der Waals surface area contributed by atoms with Crippen LogP contribution in [0.4, 0.5) is 10.6 Å². The van der Waals surface area contributed by atoms with Crippen LogP contribution in [0, 0.1) is 11.3 Å². The molecule has 30 heavy (non-hydrogen) atoms. The summed E-state index contributed by atoms with van der Waals surface area (Å²) >= 11 is 3.45. The number of hydrogen-bond donors (Lipinski definition) is 1. The van der Waals surface area contributed by atoms with Gasteiger partial charge in [-0.2, -0.15) is 14.8 Å². The first kappa shape index (κ1) is 20.6. The SMILES string of the molecule is CN1CCC[C@H]1COc1nc(N2CCN(C(=O)O)[C@@H](CC#N)C2)c2ncc(Br)n2n1. The number of imidazole rings is 1. The molecule has 0 spiro atoms. The van der Waals surface area contributed by atoms with E-state index in [1.807, 2.05) is 4.90 Å². The minimum atomic E-state index is -1.02. The van der Waals surface area contributed by atoms with Crippen molar-refractivity contribution in [2.45, 2.75) is 31.3 Å². The van der Waals surface area contributed by atoms with Crippen molar-refractivity contribution in [2.75, 3.05) is 44.7 Å². The highest BCUT2D eigenvalue weighted by atomic mass is 79.9. The van der Waals surface area contributed by atoms with E-state index in [2.05, 4.69) is 49.0 Å². The Balaban J connectivity index is 1.61. The predicted molar refractivity (Wildman–Crippen MR) is 111 cm³/mol. The molecule has 2 aliphatic heterocycles. The molecule has 0 bridgehead atoms. The second-order valence-electron chi connectivity index (χ2n) is 7.56. The Kier molecular flexibility index (Phi) is 5.92. The quantitative estimate of drug-likeness (QED) is 0.679. The van der Waals surface area contributed by atoms with Gasteiger partial charge in [0.25, 0.3) is 0 Å². The third-order valence-corrected chi connectivity index (χ3v) is 6.26. The average Bonchev–Trinajstić information content (AvgIpc) is 3.31. The number of likely N-dealkylation sites (tertiary alicyclic amines) is 1. The topological polar surface area (TPSA) is 123 Å². The molecule has 2 aliphatic rings. The van der Waals surface area contributed by atoms with Crippen LogP contribution in [-0.2, 0) is 0 Å². The fourth-order valence-corrected chi connectivity index (χ4v) is 4.38. The number of carboxylic acid groups (broad SMARTS) is 1. The van der Waals surface area contributed by atoms with Gasteiger partial charge in [0.05, 0.1) is 24.7 Å². The Bertz CT molecular complexity index is 976. The Morgan fingerprint density at radius 3 is 2.93 bits per heavy atom. The molecule has 0 aliphatic carbocycles. The first-order valence-corrected chi connectivity index (χ1v) is 10.6. The summed E-state index contributed by atoms with van der Waals surface area (Å²) in [4.78, 5) is 26.1. The van der Waals surface area contributed by atoms with Crippen LogP contribution in [0.15, 0.2) is 10.8 Å². The van der Waals surface area contributed by atoms with Crippen molar-refractivity contribution in [3.8, 4) is 12.1 Å². The number of aromatic nitrogens is 4. The average molecular weight is 479 g/mol. The van der Waals surface area contributed by atoms with Gasteiger partial charge >= 0.3 is 12.1 Å². The monoisotopic (exact) mass is 478 g/mol. The number of ether oxygens (including phenoxy) is 1. The van der Waals surface area contributed by atoms with Crippen molar-refractivity contribution in [3.05, 3.63) is 10.8 Å². The van der Waals surface area contributed by atoms with Gasteiger partial charge < -0.3 is 24.5 Å². The van der Waals surface area contributed by atoms with Crippen LogP contribution in [-0.4, -0.2) is 92.5 Å². The number of amides is 1. The van der Waals surface area contributed by atoms with E-state index in [9.17, 15) is 9.90 Å².